The smallest absolute Gasteiger partial charge is 0.216 e. The van der Waals surface area contributed by atoms with Gasteiger partial charge in [0.25, 0.3) is 0 Å². The summed E-state index contributed by atoms with van der Waals surface area (Å²) in [5.74, 6) is 0.648. The van der Waals surface area contributed by atoms with Crippen LogP contribution < -0.4 is 0 Å². The quantitative estimate of drug-likeness (QED) is 0.573. The maximum Gasteiger partial charge on any atom is 0.216 e. The number of H-pyrrole nitrogens is 2. The van der Waals surface area contributed by atoms with E-state index in [1.54, 1.807) is 10.9 Å². The topological polar surface area (TPSA) is 79.6 Å². The molecule has 0 fully saturated rings. The van der Waals surface area contributed by atoms with E-state index in [-0.39, 0.29) is 0 Å². The van der Waals surface area contributed by atoms with E-state index in [1.165, 1.54) is 11.3 Å². The van der Waals surface area contributed by atoms with Crippen LogP contribution in [0.15, 0.2) is 23.4 Å². The molecule has 22 heavy (non-hydrogen) atoms. The summed E-state index contributed by atoms with van der Waals surface area (Å²) in [5, 5.41) is 19.1. The molecule has 3 heterocycles. The Bertz CT molecular complexity index is 908. The lowest BCUT2D eigenvalue weighted by atomic mass is 10.2. The molecule has 0 aliphatic heterocycles. The van der Waals surface area contributed by atoms with Gasteiger partial charge in [0, 0.05) is 24.5 Å². The lowest BCUT2D eigenvalue weighted by Gasteiger charge is -2.00. The van der Waals surface area contributed by atoms with Crippen LogP contribution in [-0.4, -0.2) is 35.9 Å². The maximum absolute atomic E-state index is 5.29. The van der Waals surface area contributed by atoms with E-state index < -0.39 is 0 Å². The first-order valence-corrected chi connectivity index (χ1v) is 7.54. The standard InChI is InChI=1S/C14H15N7S/c1-20-7-3-4-9(20)8-15-21-13(18-19-14(21)22)12-10-5-2-6-11(10)16-17-12/h3-4,7-8H,2,5-6H2,1H3,(H,16,17)(H,19,22). The van der Waals surface area contributed by atoms with Crippen molar-refractivity contribution in [3.63, 3.8) is 0 Å². The van der Waals surface area contributed by atoms with Crippen molar-refractivity contribution in [2.24, 2.45) is 12.1 Å². The molecular weight excluding hydrogens is 298 g/mol. The van der Waals surface area contributed by atoms with E-state index in [0.717, 1.165) is 30.7 Å². The average molecular weight is 313 g/mol. The van der Waals surface area contributed by atoms with Gasteiger partial charge in [0.05, 0.1) is 11.9 Å². The molecule has 0 radical (unpaired) electrons. The number of aryl methyl sites for hydroxylation is 2. The van der Waals surface area contributed by atoms with Crippen LogP contribution in [0.2, 0.25) is 0 Å². The Balaban J connectivity index is 1.78. The number of nitrogens with one attached hydrogen (secondary N) is 2. The van der Waals surface area contributed by atoms with Crippen molar-refractivity contribution < 1.29 is 0 Å². The lowest BCUT2D eigenvalue weighted by Crippen LogP contribution is -1.99. The van der Waals surface area contributed by atoms with Crippen LogP contribution in [-0.2, 0) is 19.9 Å². The van der Waals surface area contributed by atoms with Gasteiger partial charge in [-0.3, -0.25) is 5.10 Å². The second kappa shape index (κ2) is 5.06. The van der Waals surface area contributed by atoms with Crippen molar-refractivity contribution in [1.29, 1.82) is 0 Å². The number of hydrogen-bond acceptors (Lipinski definition) is 4. The van der Waals surface area contributed by atoms with Gasteiger partial charge in [-0.1, -0.05) is 0 Å². The Kier molecular flexibility index (Phi) is 3.04. The molecule has 0 unspecified atom stereocenters. The number of fused-ring (bicyclic) bond motifs is 1. The minimum absolute atomic E-state index is 0.454. The van der Waals surface area contributed by atoms with Crippen LogP contribution in [0.3, 0.4) is 0 Å². The molecular formula is C14H15N7S. The van der Waals surface area contributed by atoms with Gasteiger partial charge in [-0.25, -0.2) is 5.10 Å². The van der Waals surface area contributed by atoms with Gasteiger partial charge in [0.1, 0.15) is 5.69 Å². The molecule has 3 aromatic rings. The van der Waals surface area contributed by atoms with E-state index in [4.69, 9.17) is 12.2 Å². The van der Waals surface area contributed by atoms with E-state index in [2.05, 4.69) is 25.5 Å². The van der Waals surface area contributed by atoms with Gasteiger partial charge < -0.3 is 4.57 Å². The van der Waals surface area contributed by atoms with E-state index in [9.17, 15) is 0 Å². The fourth-order valence-corrected chi connectivity index (χ4v) is 2.96. The SMILES string of the molecule is Cn1cccc1C=Nn1c(-c2n[nH]c3c2CCC3)n[nH]c1=S. The summed E-state index contributed by atoms with van der Waals surface area (Å²) in [7, 11) is 1.97. The molecule has 1 aliphatic rings. The molecule has 0 saturated heterocycles. The molecule has 0 spiro atoms. The Morgan fingerprint density at radius 2 is 2.23 bits per heavy atom. The molecule has 2 N–H and O–H groups in total. The van der Waals surface area contributed by atoms with Crippen LogP contribution >= 0.6 is 12.2 Å². The van der Waals surface area contributed by atoms with Gasteiger partial charge in [-0.2, -0.15) is 20.0 Å². The zero-order valence-corrected chi connectivity index (χ0v) is 12.9. The summed E-state index contributed by atoms with van der Waals surface area (Å²) in [6.07, 6.45) is 6.94. The fourth-order valence-electron chi connectivity index (χ4n) is 2.78. The van der Waals surface area contributed by atoms with Crippen LogP contribution in [0.25, 0.3) is 11.5 Å². The monoisotopic (exact) mass is 313 g/mol. The summed E-state index contributed by atoms with van der Waals surface area (Å²) >= 11 is 5.29. The van der Waals surface area contributed by atoms with Gasteiger partial charge in [0.2, 0.25) is 10.6 Å². The van der Waals surface area contributed by atoms with E-state index in [0.29, 0.717) is 10.6 Å². The first-order valence-electron chi connectivity index (χ1n) is 7.13. The summed E-state index contributed by atoms with van der Waals surface area (Å²) in [6.45, 7) is 0. The molecule has 3 aromatic heterocycles. The van der Waals surface area contributed by atoms with Crippen molar-refractivity contribution in [2.45, 2.75) is 19.3 Å². The Labute approximate surface area is 131 Å². The van der Waals surface area contributed by atoms with Gasteiger partial charge in [-0.15, -0.1) is 0 Å². The second-order valence-electron chi connectivity index (χ2n) is 5.34. The van der Waals surface area contributed by atoms with Crippen molar-refractivity contribution in [3.05, 3.63) is 40.1 Å². The van der Waals surface area contributed by atoms with Gasteiger partial charge in [0.15, 0.2) is 0 Å². The third-order valence-corrected chi connectivity index (χ3v) is 4.22. The summed E-state index contributed by atoms with van der Waals surface area (Å²) < 4.78 is 4.06. The normalized spacial score (nSPS) is 14.0. The predicted molar refractivity (Wildman–Crippen MR) is 85.4 cm³/mol. The van der Waals surface area contributed by atoms with Crippen molar-refractivity contribution in [1.82, 2.24) is 29.6 Å². The summed E-state index contributed by atoms with van der Waals surface area (Å²) in [4.78, 5) is 0. The van der Waals surface area contributed by atoms with Crippen molar-refractivity contribution in [2.75, 3.05) is 0 Å². The highest BCUT2D eigenvalue weighted by atomic mass is 32.1. The molecule has 0 atom stereocenters. The molecule has 112 valence electrons. The first-order chi connectivity index (χ1) is 10.7. The predicted octanol–water partition coefficient (Wildman–Crippen LogP) is 2.04. The lowest BCUT2D eigenvalue weighted by molar-refractivity contribution is 0.840. The largest absolute Gasteiger partial charge is 0.350 e. The van der Waals surface area contributed by atoms with Crippen molar-refractivity contribution >= 4 is 18.4 Å². The molecule has 0 aromatic carbocycles. The minimum Gasteiger partial charge on any atom is -0.350 e. The zero-order valence-electron chi connectivity index (χ0n) is 12.1. The molecule has 4 rings (SSSR count). The molecule has 0 bridgehead atoms. The Morgan fingerprint density at radius 3 is 3.05 bits per heavy atom. The van der Waals surface area contributed by atoms with Crippen LogP contribution in [0.1, 0.15) is 23.4 Å². The van der Waals surface area contributed by atoms with Crippen LogP contribution in [0.5, 0.6) is 0 Å². The number of aromatic nitrogens is 6. The van der Waals surface area contributed by atoms with Crippen molar-refractivity contribution in [3.8, 4) is 11.5 Å². The van der Waals surface area contributed by atoms with Crippen LogP contribution in [0, 0.1) is 4.77 Å². The van der Waals surface area contributed by atoms with E-state index in [1.807, 2.05) is 29.9 Å². The minimum atomic E-state index is 0.454. The molecule has 0 amide bonds. The maximum atomic E-state index is 5.29. The highest BCUT2D eigenvalue weighted by Crippen LogP contribution is 2.29. The van der Waals surface area contributed by atoms with Crippen LogP contribution in [0.4, 0.5) is 0 Å². The highest BCUT2D eigenvalue weighted by molar-refractivity contribution is 7.71. The Hall–Kier alpha value is -2.48. The molecule has 0 saturated carbocycles. The number of hydrogen-bond donors (Lipinski definition) is 2. The fraction of sp³-hybridized carbons (Fsp3) is 0.286. The molecule has 8 heteroatoms. The number of nitrogens with zero attached hydrogens (tertiary/aromatic N) is 5. The number of aromatic amines is 2. The Morgan fingerprint density at radius 1 is 1.32 bits per heavy atom. The molecule has 1 aliphatic carbocycles. The third kappa shape index (κ3) is 2.03. The molecule has 7 nitrogen and oxygen atoms in total. The van der Waals surface area contributed by atoms with E-state index >= 15 is 0 Å². The van der Waals surface area contributed by atoms with Gasteiger partial charge in [-0.05, 0) is 43.6 Å². The highest BCUT2D eigenvalue weighted by Gasteiger charge is 2.23. The number of rotatable bonds is 3. The summed E-state index contributed by atoms with van der Waals surface area (Å²) in [6, 6.07) is 3.95. The third-order valence-electron chi connectivity index (χ3n) is 3.96. The first kappa shape index (κ1) is 13.2. The zero-order chi connectivity index (χ0) is 15.1. The second-order valence-corrected chi connectivity index (χ2v) is 5.72. The average Bonchev–Trinajstić information content (AvgIpc) is 3.22. The van der Waals surface area contributed by atoms with Gasteiger partial charge >= 0.3 is 0 Å². The summed E-state index contributed by atoms with van der Waals surface area (Å²) in [5.41, 5.74) is 4.25.